The molecule has 0 bridgehead atoms. The predicted octanol–water partition coefficient (Wildman–Crippen LogP) is 2.33. The lowest BCUT2D eigenvalue weighted by Gasteiger charge is -2.08. The van der Waals surface area contributed by atoms with Crippen LogP contribution in [0.15, 0.2) is 18.2 Å². The molecule has 0 saturated heterocycles. The summed E-state index contributed by atoms with van der Waals surface area (Å²) in [5, 5.41) is 11.6. The standard InChI is InChI=1S/C17H20FNO2/c1-16(2)15(17(16,3)4)19-14(21)12-10-11(6-5-9-20)7-8-13(12)18/h7-8,10,15,20H,9H2,1-4H3,(H,19,21). The number of amides is 1. The molecule has 0 radical (unpaired) electrons. The van der Waals surface area contributed by atoms with Crippen molar-refractivity contribution in [3.63, 3.8) is 0 Å². The molecule has 1 saturated carbocycles. The third kappa shape index (κ3) is 2.66. The molecule has 0 heterocycles. The van der Waals surface area contributed by atoms with Gasteiger partial charge in [0.25, 0.3) is 5.91 Å². The first kappa shape index (κ1) is 15.5. The van der Waals surface area contributed by atoms with E-state index in [1.807, 2.05) is 0 Å². The van der Waals surface area contributed by atoms with Crippen molar-refractivity contribution >= 4 is 5.91 Å². The molecule has 2 rings (SSSR count). The van der Waals surface area contributed by atoms with Crippen LogP contribution in [0.3, 0.4) is 0 Å². The van der Waals surface area contributed by atoms with E-state index < -0.39 is 11.7 Å². The van der Waals surface area contributed by atoms with Crippen LogP contribution < -0.4 is 5.32 Å². The van der Waals surface area contributed by atoms with E-state index in [9.17, 15) is 9.18 Å². The van der Waals surface area contributed by atoms with Crippen molar-refractivity contribution in [2.24, 2.45) is 10.8 Å². The highest BCUT2D eigenvalue weighted by Gasteiger charge is 2.65. The van der Waals surface area contributed by atoms with E-state index in [0.717, 1.165) is 0 Å². The van der Waals surface area contributed by atoms with Crippen LogP contribution in [0, 0.1) is 28.5 Å². The Morgan fingerprint density at radius 2 is 1.95 bits per heavy atom. The number of halogens is 1. The second-order valence-corrected chi connectivity index (χ2v) is 6.50. The Labute approximate surface area is 124 Å². The van der Waals surface area contributed by atoms with E-state index in [1.165, 1.54) is 18.2 Å². The van der Waals surface area contributed by atoms with Crippen molar-refractivity contribution in [1.82, 2.24) is 5.32 Å². The molecule has 1 aliphatic rings. The third-order valence-corrected chi connectivity index (χ3v) is 4.82. The number of aliphatic hydroxyl groups excluding tert-OH is 1. The van der Waals surface area contributed by atoms with Crippen molar-refractivity contribution in [3.05, 3.63) is 35.1 Å². The minimum Gasteiger partial charge on any atom is -0.384 e. The summed E-state index contributed by atoms with van der Waals surface area (Å²) in [5.41, 5.74) is 0.476. The molecule has 0 spiro atoms. The summed E-state index contributed by atoms with van der Waals surface area (Å²) in [7, 11) is 0. The van der Waals surface area contributed by atoms with Gasteiger partial charge in [0, 0.05) is 11.6 Å². The Balaban J connectivity index is 2.20. The van der Waals surface area contributed by atoms with Crippen LogP contribution in [0.1, 0.15) is 43.6 Å². The van der Waals surface area contributed by atoms with Gasteiger partial charge in [-0.3, -0.25) is 4.79 Å². The van der Waals surface area contributed by atoms with Gasteiger partial charge < -0.3 is 10.4 Å². The second-order valence-electron chi connectivity index (χ2n) is 6.50. The Kier molecular flexibility index (Phi) is 3.81. The molecule has 1 fully saturated rings. The van der Waals surface area contributed by atoms with Crippen molar-refractivity contribution in [2.75, 3.05) is 6.61 Å². The molecule has 21 heavy (non-hydrogen) atoms. The molecule has 4 heteroatoms. The molecule has 3 nitrogen and oxygen atoms in total. The van der Waals surface area contributed by atoms with Crippen LogP contribution in [0.4, 0.5) is 4.39 Å². The maximum absolute atomic E-state index is 13.8. The van der Waals surface area contributed by atoms with Gasteiger partial charge in [-0.25, -0.2) is 4.39 Å². The van der Waals surface area contributed by atoms with Gasteiger partial charge in [-0.2, -0.15) is 0 Å². The molecular weight excluding hydrogens is 269 g/mol. The first-order valence-electron chi connectivity index (χ1n) is 6.92. The van der Waals surface area contributed by atoms with E-state index in [4.69, 9.17) is 5.11 Å². The van der Waals surface area contributed by atoms with Gasteiger partial charge in [-0.1, -0.05) is 39.5 Å². The fourth-order valence-corrected chi connectivity index (χ4v) is 2.68. The zero-order chi connectivity index (χ0) is 15.8. The molecule has 0 aliphatic heterocycles. The van der Waals surface area contributed by atoms with Gasteiger partial charge in [-0.05, 0) is 29.0 Å². The van der Waals surface area contributed by atoms with Crippen molar-refractivity contribution < 1.29 is 14.3 Å². The lowest BCUT2D eigenvalue weighted by atomic mass is 10.0. The molecule has 2 N–H and O–H groups in total. The van der Waals surface area contributed by atoms with Gasteiger partial charge >= 0.3 is 0 Å². The Hall–Kier alpha value is -1.86. The molecule has 1 aromatic rings. The Morgan fingerprint density at radius 1 is 1.33 bits per heavy atom. The van der Waals surface area contributed by atoms with E-state index in [-0.39, 0.29) is 29.0 Å². The van der Waals surface area contributed by atoms with Crippen LogP contribution >= 0.6 is 0 Å². The summed E-state index contributed by atoms with van der Waals surface area (Å²) in [6.07, 6.45) is 0. The average molecular weight is 289 g/mol. The quantitative estimate of drug-likeness (QED) is 0.821. The Bertz CT molecular complexity index is 624. The zero-order valence-electron chi connectivity index (χ0n) is 12.7. The SMILES string of the molecule is CC1(C)C(NC(=O)c2cc(C#CCO)ccc2F)C1(C)C. The summed E-state index contributed by atoms with van der Waals surface area (Å²) < 4.78 is 13.8. The minimum absolute atomic E-state index is 0.00651. The number of nitrogens with one attached hydrogen (secondary N) is 1. The maximum Gasteiger partial charge on any atom is 0.254 e. The van der Waals surface area contributed by atoms with Crippen LogP contribution in [0.25, 0.3) is 0 Å². The summed E-state index contributed by atoms with van der Waals surface area (Å²) in [5.74, 6) is 4.15. The number of carbonyl (C=O) groups excluding carboxylic acids is 1. The normalized spacial score (nSPS) is 18.6. The van der Waals surface area contributed by atoms with Gasteiger partial charge in [0.1, 0.15) is 12.4 Å². The van der Waals surface area contributed by atoms with Gasteiger partial charge in [-0.15, -0.1) is 0 Å². The first-order valence-corrected chi connectivity index (χ1v) is 6.92. The smallest absolute Gasteiger partial charge is 0.254 e. The average Bonchev–Trinajstić information content (AvgIpc) is 2.80. The van der Waals surface area contributed by atoms with E-state index in [2.05, 4.69) is 44.9 Å². The highest BCUT2D eigenvalue weighted by molar-refractivity contribution is 5.95. The van der Waals surface area contributed by atoms with Crippen molar-refractivity contribution in [2.45, 2.75) is 33.7 Å². The molecule has 1 aliphatic carbocycles. The highest BCUT2D eigenvalue weighted by atomic mass is 19.1. The maximum atomic E-state index is 13.8. The fourth-order valence-electron chi connectivity index (χ4n) is 2.68. The van der Waals surface area contributed by atoms with Gasteiger partial charge in [0.15, 0.2) is 0 Å². The molecule has 112 valence electrons. The van der Waals surface area contributed by atoms with Crippen molar-refractivity contribution in [1.29, 1.82) is 0 Å². The minimum atomic E-state index is -0.571. The fraction of sp³-hybridized carbons (Fsp3) is 0.471. The number of rotatable bonds is 2. The van der Waals surface area contributed by atoms with E-state index in [1.54, 1.807) is 0 Å². The van der Waals surface area contributed by atoms with Gasteiger partial charge in [0.05, 0.1) is 5.56 Å². The van der Waals surface area contributed by atoms with E-state index in [0.29, 0.717) is 5.56 Å². The van der Waals surface area contributed by atoms with Gasteiger partial charge in [0.2, 0.25) is 0 Å². The molecular formula is C17H20FNO2. The van der Waals surface area contributed by atoms with Crippen LogP contribution in [0.2, 0.25) is 0 Å². The number of benzene rings is 1. The predicted molar refractivity (Wildman–Crippen MR) is 79.2 cm³/mol. The topological polar surface area (TPSA) is 49.3 Å². The summed E-state index contributed by atoms with van der Waals surface area (Å²) in [6.45, 7) is 8.05. The molecule has 0 atom stereocenters. The zero-order valence-corrected chi connectivity index (χ0v) is 12.7. The van der Waals surface area contributed by atoms with E-state index >= 15 is 0 Å². The molecule has 0 aromatic heterocycles. The van der Waals surface area contributed by atoms with Crippen LogP contribution in [-0.4, -0.2) is 23.7 Å². The number of hydrogen-bond acceptors (Lipinski definition) is 2. The summed E-state index contributed by atoms with van der Waals surface area (Å²) >= 11 is 0. The summed E-state index contributed by atoms with van der Waals surface area (Å²) in [4.78, 5) is 12.3. The monoisotopic (exact) mass is 289 g/mol. The number of aliphatic hydroxyl groups is 1. The number of carbonyl (C=O) groups is 1. The van der Waals surface area contributed by atoms with Crippen molar-refractivity contribution in [3.8, 4) is 11.8 Å². The third-order valence-electron chi connectivity index (χ3n) is 4.82. The largest absolute Gasteiger partial charge is 0.384 e. The van der Waals surface area contributed by atoms with Crippen LogP contribution in [-0.2, 0) is 0 Å². The number of hydrogen-bond donors (Lipinski definition) is 2. The van der Waals surface area contributed by atoms with Crippen LogP contribution in [0.5, 0.6) is 0 Å². The molecule has 1 aromatic carbocycles. The first-order chi connectivity index (χ1) is 9.71. The Morgan fingerprint density at radius 3 is 2.48 bits per heavy atom. The molecule has 0 unspecified atom stereocenters. The summed E-state index contributed by atoms with van der Waals surface area (Å²) in [6, 6.07) is 4.14. The second kappa shape index (κ2) is 5.16. The lowest BCUT2D eigenvalue weighted by Crippen LogP contribution is -2.30. The highest BCUT2D eigenvalue weighted by Crippen LogP contribution is 2.62. The lowest BCUT2D eigenvalue weighted by molar-refractivity contribution is 0.0939. The molecule has 1 amide bonds.